The number of para-hydroxylation sites is 1. The highest BCUT2D eigenvalue weighted by molar-refractivity contribution is 5.90. The predicted molar refractivity (Wildman–Crippen MR) is 61.9 cm³/mol. The largest absolute Gasteiger partial charge is 0.392 e. The molecule has 0 amide bonds. The molecule has 1 aromatic carbocycles. The molecule has 0 bridgehead atoms. The third-order valence-corrected chi connectivity index (χ3v) is 2.24. The van der Waals surface area contributed by atoms with Crippen LogP contribution in [-0.2, 0) is 0 Å². The molecule has 15 heavy (non-hydrogen) atoms. The summed E-state index contributed by atoms with van der Waals surface area (Å²) in [5.74, 6) is 0. The van der Waals surface area contributed by atoms with Crippen molar-refractivity contribution in [3.8, 4) is 0 Å². The summed E-state index contributed by atoms with van der Waals surface area (Å²) in [6.45, 7) is 2.31. The molecule has 0 aliphatic carbocycles. The minimum absolute atomic E-state index is 0.350. The highest BCUT2D eigenvalue weighted by atomic mass is 16.3. The molecule has 0 aliphatic rings. The Morgan fingerprint density at radius 2 is 2.13 bits per heavy atom. The van der Waals surface area contributed by atoms with Crippen LogP contribution >= 0.6 is 0 Å². The highest BCUT2D eigenvalue weighted by Crippen LogP contribution is 2.20. The van der Waals surface area contributed by atoms with Crippen molar-refractivity contribution in [1.82, 2.24) is 4.98 Å². The number of nitrogens with zero attached hydrogens (tertiary/aromatic N) is 1. The van der Waals surface area contributed by atoms with E-state index in [1.165, 1.54) is 0 Å². The van der Waals surface area contributed by atoms with E-state index in [-0.39, 0.29) is 6.10 Å². The van der Waals surface area contributed by atoms with Crippen LogP contribution in [0.3, 0.4) is 0 Å². The Kier molecular flexibility index (Phi) is 2.83. The lowest BCUT2D eigenvalue weighted by Crippen LogP contribution is -2.15. The molecule has 1 aromatic heterocycles. The fourth-order valence-corrected chi connectivity index (χ4v) is 1.51. The first kappa shape index (κ1) is 9.93. The van der Waals surface area contributed by atoms with Crippen molar-refractivity contribution >= 4 is 16.6 Å². The summed E-state index contributed by atoms with van der Waals surface area (Å²) in [5.41, 5.74) is 1.98. The molecule has 1 atom stereocenters. The average Bonchev–Trinajstić information content (AvgIpc) is 2.26. The van der Waals surface area contributed by atoms with Crippen LogP contribution in [0.4, 0.5) is 5.69 Å². The van der Waals surface area contributed by atoms with E-state index in [1.807, 2.05) is 30.3 Å². The summed E-state index contributed by atoms with van der Waals surface area (Å²) in [6.07, 6.45) is 1.42. The first-order chi connectivity index (χ1) is 7.27. The summed E-state index contributed by atoms with van der Waals surface area (Å²) < 4.78 is 0. The first-order valence-corrected chi connectivity index (χ1v) is 5.03. The van der Waals surface area contributed by atoms with Crippen molar-refractivity contribution in [2.24, 2.45) is 0 Å². The Morgan fingerprint density at radius 3 is 2.93 bits per heavy atom. The molecule has 78 valence electrons. The second kappa shape index (κ2) is 4.28. The van der Waals surface area contributed by atoms with E-state index in [2.05, 4.69) is 10.3 Å². The van der Waals surface area contributed by atoms with E-state index in [1.54, 1.807) is 13.1 Å². The van der Waals surface area contributed by atoms with Crippen LogP contribution in [0.25, 0.3) is 10.9 Å². The van der Waals surface area contributed by atoms with Crippen molar-refractivity contribution in [2.45, 2.75) is 13.0 Å². The zero-order chi connectivity index (χ0) is 10.7. The standard InChI is InChI=1S/C12H14N2O/c1-9(15)8-14-12-6-7-13-11-5-3-2-4-10(11)12/h2-7,9,15H,8H2,1H3,(H,13,14). The summed E-state index contributed by atoms with van der Waals surface area (Å²) in [5, 5.41) is 13.5. The van der Waals surface area contributed by atoms with Gasteiger partial charge < -0.3 is 10.4 Å². The third-order valence-electron chi connectivity index (χ3n) is 2.24. The number of hydrogen-bond acceptors (Lipinski definition) is 3. The van der Waals surface area contributed by atoms with Crippen LogP contribution in [-0.4, -0.2) is 22.7 Å². The van der Waals surface area contributed by atoms with Crippen molar-refractivity contribution in [2.75, 3.05) is 11.9 Å². The summed E-state index contributed by atoms with van der Waals surface area (Å²) >= 11 is 0. The summed E-state index contributed by atoms with van der Waals surface area (Å²) in [6, 6.07) is 9.87. The molecule has 2 aromatic rings. The van der Waals surface area contributed by atoms with Crippen LogP contribution in [0.1, 0.15) is 6.92 Å². The van der Waals surface area contributed by atoms with Crippen molar-refractivity contribution in [1.29, 1.82) is 0 Å². The van der Waals surface area contributed by atoms with Crippen LogP contribution in [0.15, 0.2) is 36.5 Å². The molecule has 3 heteroatoms. The highest BCUT2D eigenvalue weighted by Gasteiger charge is 2.01. The van der Waals surface area contributed by atoms with Crippen molar-refractivity contribution in [3.63, 3.8) is 0 Å². The van der Waals surface area contributed by atoms with Gasteiger partial charge in [0.05, 0.1) is 11.6 Å². The molecule has 1 unspecified atom stereocenters. The third kappa shape index (κ3) is 2.25. The normalized spacial score (nSPS) is 12.7. The molecule has 2 N–H and O–H groups in total. The van der Waals surface area contributed by atoms with Crippen LogP contribution in [0, 0.1) is 0 Å². The quantitative estimate of drug-likeness (QED) is 0.800. The van der Waals surface area contributed by atoms with Gasteiger partial charge in [0.25, 0.3) is 0 Å². The van der Waals surface area contributed by atoms with Crippen LogP contribution < -0.4 is 5.32 Å². The Morgan fingerprint density at radius 1 is 1.33 bits per heavy atom. The maximum atomic E-state index is 9.21. The lowest BCUT2D eigenvalue weighted by Gasteiger charge is -2.10. The molecule has 0 spiro atoms. The number of fused-ring (bicyclic) bond motifs is 1. The van der Waals surface area contributed by atoms with E-state index < -0.39 is 0 Å². The summed E-state index contributed by atoms with van der Waals surface area (Å²) in [4.78, 5) is 4.27. The monoisotopic (exact) mass is 202 g/mol. The van der Waals surface area contributed by atoms with Crippen LogP contribution in [0.5, 0.6) is 0 Å². The predicted octanol–water partition coefficient (Wildman–Crippen LogP) is 2.03. The number of pyridine rings is 1. The topological polar surface area (TPSA) is 45.1 Å². The van der Waals surface area contributed by atoms with Gasteiger partial charge in [-0.05, 0) is 19.1 Å². The van der Waals surface area contributed by atoms with Gasteiger partial charge in [-0.3, -0.25) is 4.98 Å². The van der Waals surface area contributed by atoms with Gasteiger partial charge in [0, 0.05) is 23.8 Å². The molecule has 0 saturated carbocycles. The number of benzene rings is 1. The number of nitrogens with one attached hydrogen (secondary N) is 1. The van der Waals surface area contributed by atoms with E-state index >= 15 is 0 Å². The zero-order valence-electron chi connectivity index (χ0n) is 8.64. The van der Waals surface area contributed by atoms with E-state index in [0.717, 1.165) is 16.6 Å². The van der Waals surface area contributed by atoms with E-state index in [0.29, 0.717) is 6.54 Å². The lowest BCUT2D eigenvalue weighted by molar-refractivity contribution is 0.208. The summed E-state index contributed by atoms with van der Waals surface area (Å²) in [7, 11) is 0. The number of anilines is 1. The second-order valence-corrected chi connectivity index (χ2v) is 3.61. The average molecular weight is 202 g/mol. The SMILES string of the molecule is CC(O)CNc1ccnc2ccccc12. The van der Waals surface area contributed by atoms with Gasteiger partial charge in [-0.2, -0.15) is 0 Å². The second-order valence-electron chi connectivity index (χ2n) is 3.61. The Bertz CT molecular complexity index is 449. The number of aliphatic hydroxyl groups is 1. The Labute approximate surface area is 88.8 Å². The molecule has 0 saturated heterocycles. The lowest BCUT2D eigenvalue weighted by atomic mass is 10.2. The zero-order valence-corrected chi connectivity index (χ0v) is 8.64. The number of hydrogen-bond donors (Lipinski definition) is 2. The molecule has 0 aliphatic heterocycles. The maximum absolute atomic E-state index is 9.21. The number of aliphatic hydroxyl groups excluding tert-OH is 1. The maximum Gasteiger partial charge on any atom is 0.0722 e. The molecular formula is C12H14N2O. The Balaban J connectivity index is 2.34. The van der Waals surface area contributed by atoms with E-state index in [4.69, 9.17) is 0 Å². The van der Waals surface area contributed by atoms with Gasteiger partial charge in [0.15, 0.2) is 0 Å². The molecule has 3 nitrogen and oxygen atoms in total. The molecular weight excluding hydrogens is 188 g/mol. The number of rotatable bonds is 3. The fraction of sp³-hybridized carbons (Fsp3) is 0.250. The van der Waals surface area contributed by atoms with E-state index in [9.17, 15) is 5.11 Å². The van der Waals surface area contributed by atoms with Gasteiger partial charge in [0.1, 0.15) is 0 Å². The first-order valence-electron chi connectivity index (χ1n) is 5.03. The van der Waals surface area contributed by atoms with Gasteiger partial charge in [0.2, 0.25) is 0 Å². The molecule has 0 fully saturated rings. The molecule has 0 radical (unpaired) electrons. The van der Waals surface area contributed by atoms with Gasteiger partial charge in [-0.15, -0.1) is 0 Å². The minimum Gasteiger partial charge on any atom is -0.392 e. The smallest absolute Gasteiger partial charge is 0.0722 e. The van der Waals surface area contributed by atoms with Gasteiger partial charge in [-0.25, -0.2) is 0 Å². The van der Waals surface area contributed by atoms with Gasteiger partial charge in [-0.1, -0.05) is 18.2 Å². The fourth-order valence-electron chi connectivity index (χ4n) is 1.51. The minimum atomic E-state index is -0.350. The molecule has 1 heterocycles. The van der Waals surface area contributed by atoms with Crippen LogP contribution in [0.2, 0.25) is 0 Å². The van der Waals surface area contributed by atoms with Crippen molar-refractivity contribution < 1.29 is 5.11 Å². The number of aromatic nitrogens is 1. The van der Waals surface area contributed by atoms with Crippen molar-refractivity contribution in [3.05, 3.63) is 36.5 Å². The Hall–Kier alpha value is -1.61. The van der Waals surface area contributed by atoms with Gasteiger partial charge >= 0.3 is 0 Å². The molecule has 2 rings (SSSR count).